The number of nitrogens with one attached hydrogen (secondary N) is 2. The molecule has 3 rings (SSSR count). The number of benzene rings is 1. The summed E-state index contributed by atoms with van der Waals surface area (Å²) in [6, 6.07) is 9.42. The van der Waals surface area contributed by atoms with Crippen molar-refractivity contribution in [3.63, 3.8) is 0 Å². The third kappa shape index (κ3) is 3.40. The minimum atomic E-state index is 0.529. The van der Waals surface area contributed by atoms with Gasteiger partial charge in [-0.3, -0.25) is 0 Å². The van der Waals surface area contributed by atoms with Crippen LogP contribution in [0.5, 0.6) is 0 Å². The average molecular weight is 273 g/mol. The standard InChI is InChI=1S/C17H27N3/c1-20-10-7-14(8-11-20)12-19-17-6-9-18-13-15-4-2-3-5-16(15)17/h2-5,14,17-19H,6-13H2,1H3. The summed E-state index contributed by atoms with van der Waals surface area (Å²) in [6.45, 7) is 5.82. The van der Waals surface area contributed by atoms with Crippen LogP contribution in [0.1, 0.15) is 36.4 Å². The number of nitrogens with zero attached hydrogens (tertiary/aromatic N) is 1. The van der Waals surface area contributed by atoms with Crippen LogP contribution in [0.25, 0.3) is 0 Å². The summed E-state index contributed by atoms with van der Waals surface area (Å²) in [4.78, 5) is 2.45. The lowest BCUT2D eigenvalue weighted by Gasteiger charge is -2.30. The molecule has 0 bridgehead atoms. The molecular weight excluding hydrogens is 246 g/mol. The van der Waals surface area contributed by atoms with Crippen molar-refractivity contribution in [1.29, 1.82) is 0 Å². The van der Waals surface area contributed by atoms with Gasteiger partial charge in [-0.25, -0.2) is 0 Å². The van der Waals surface area contributed by atoms with E-state index in [4.69, 9.17) is 0 Å². The predicted octanol–water partition coefficient (Wildman–Crippen LogP) is 2.15. The fourth-order valence-corrected chi connectivity index (χ4v) is 3.45. The van der Waals surface area contributed by atoms with Crippen LogP contribution in [0.15, 0.2) is 24.3 Å². The average Bonchev–Trinajstić information content (AvgIpc) is 2.69. The zero-order valence-corrected chi connectivity index (χ0v) is 12.6. The summed E-state index contributed by atoms with van der Waals surface area (Å²) >= 11 is 0. The van der Waals surface area contributed by atoms with Gasteiger partial charge in [0.1, 0.15) is 0 Å². The number of likely N-dealkylation sites (tertiary alicyclic amines) is 1. The van der Waals surface area contributed by atoms with Crippen LogP contribution in [0.4, 0.5) is 0 Å². The van der Waals surface area contributed by atoms with Gasteiger partial charge in [0, 0.05) is 12.6 Å². The second-order valence-corrected chi connectivity index (χ2v) is 6.37. The third-order valence-corrected chi connectivity index (χ3v) is 4.85. The molecule has 3 nitrogen and oxygen atoms in total. The largest absolute Gasteiger partial charge is 0.313 e. The van der Waals surface area contributed by atoms with E-state index in [1.807, 2.05) is 0 Å². The minimum Gasteiger partial charge on any atom is -0.313 e. The normalized spacial score (nSPS) is 25.1. The van der Waals surface area contributed by atoms with Gasteiger partial charge >= 0.3 is 0 Å². The van der Waals surface area contributed by atoms with Gasteiger partial charge in [-0.15, -0.1) is 0 Å². The Balaban J connectivity index is 1.59. The molecule has 1 saturated heterocycles. The molecule has 2 aliphatic rings. The number of hydrogen-bond acceptors (Lipinski definition) is 3. The molecule has 1 atom stereocenters. The van der Waals surface area contributed by atoms with E-state index in [-0.39, 0.29) is 0 Å². The number of hydrogen-bond donors (Lipinski definition) is 2. The van der Waals surface area contributed by atoms with Crippen molar-refractivity contribution in [2.75, 3.05) is 33.2 Å². The van der Waals surface area contributed by atoms with E-state index in [1.54, 1.807) is 0 Å². The van der Waals surface area contributed by atoms with Gasteiger partial charge in [0.15, 0.2) is 0 Å². The van der Waals surface area contributed by atoms with Crippen molar-refractivity contribution in [1.82, 2.24) is 15.5 Å². The summed E-state index contributed by atoms with van der Waals surface area (Å²) in [5, 5.41) is 7.37. The lowest BCUT2D eigenvalue weighted by Crippen LogP contribution is -2.36. The Hall–Kier alpha value is -0.900. The molecule has 2 N–H and O–H groups in total. The molecule has 20 heavy (non-hydrogen) atoms. The Morgan fingerprint density at radius 3 is 2.85 bits per heavy atom. The zero-order valence-electron chi connectivity index (χ0n) is 12.6. The monoisotopic (exact) mass is 273 g/mol. The summed E-state index contributed by atoms with van der Waals surface area (Å²) in [6.07, 6.45) is 3.88. The highest BCUT2D eigenvalue weighted by Gasteiger charge is 2.21. The van der Waals surface area contributed by atoms with E-state index in [9.17, 15) is 0 Å². The summed E-state index contributed by atoms with van der Waals surface area (Å²) < 4.78 is 0. The molecule has 0 aliphatic carbocycles. The molecule has 0 aromatic heterocycles. The molecule has 0 amide bonds. The van der Waals surface area contributed by atoms with Gasteiger partial charge < -0.3 is 15.5 Å². The highest BCUT2D eigenvalue weighted by atomic mass is 15.1. The van der Waals surface area contributed by atoms with Crippen LogP contribution in [-0.4, -0.2) is 38.1 Å². The topological polar surface area (TPSA) is 27.3 Å². The van der Waals surface area contributed by atoms with Gasteiger partial charge in [-0.05, 0) is 69.5 Å². The molecule has 1 aromatic rings. The van der Waals surface area contributed by atoms with Crippen LogP contribution < -0.4 is 10.6 Å². The highest BCUT2D eigenvalue weighted by molar-refractivity contribution is 5.31. The quantitative estimate of drug-likeness (QED) is 0.883. The van der Waals surface area contributed by atoms with Crippen molar-refractivity contribution in [3.8, 4) is 0 Å². The summed E-state index contributed by atoms with van der Waals surface area (Å²) in [5.41, 5.74) is 2.97. The lowest BCUT2D eigenvalue weighted by atomic mass is 9.95. The predicted molar refractivity (Wildman–Crippen MR) is 83.7 cm³/mol. The van der Waals surface area contributed by atoms with Crippen LogP contribution >= 0.6 is 0 Å². The maximum atomic E-state index is 3.84. The van der Waals surface area contributed by atoms with Gasteiger partial charge in [0.05, 0.1) is 0 Å². The van der Waals surface area contributed by atoms with Gasteiger partial charge in [0.25, 0.3) is 0 Å². The van der Waals surface area contributed by atoms with Crippen LogP contribution in [0.3, 0.4) is 0 Å². The van der Waals surface area contributed by atoms with E-state index in [0.29, 0.717) is 6.04 Å². The Morgan fingerprint density at radius 2 is 2.00 bits per heavy atom. The fourth-order valence-electron chi connectivity index (χ4n) is 3.45. The highest BCUT2D eigenvalue weighted by Crippen LogP contribution is 2.24. The van der Waals surface area contributed by atoms with Crippen molar-refractivity contribution >= 4 is 0 Å². The molecule has 0 spiro atoms. The first-order valence-corrected chi connectivity index (χ1v) is 8.03. The Bertz CT molecular complexity index is 424. The molecule has 0 radical (unpaired) electrons. The van der Waals surface area contributed by atoms with E-state index < -0.39 is 0 Å². The number of rotatable bonds is 3. The van der Waals surface area contributed by atoms with Gasteiger partial charge in [0.2, 0.25) is 0 Å². The minimum absolute atomic E-state index is 0.529. The summed E-state index contributed by atoms with van der Waals surface area (Å²) in [5.74, 6) is 0.856. The molecule has 2 aliphatic heterocycles. The van der Waals surface area contributed by atoms with E-state index in [0.717, 1.165) is 19.0 Å². The Kier molecular flexibility index (Phi) is 4.71. The molecule has 1 fully saturated rings. The maximum absolute atomic E-state index is 3.84. The second-order valence-electron chi connectivity index (χ2n) is 6.37. The van der Waals surface area contributed by atoms with Crippen LogP contribution in [0.2, 0.25) is 0 Å². The molecule has 0 saturated carbocycles. The maximum Gasteiger partial charge on any atom is 0.0335 e. The van der Waals surface area contributed by atoms with E-state index in [2.05, 4.69) is 46.8 Å². The first kappa shape index (κ1) is 14.1. The van der Waals surface area contributed by atoms with Gasteiger partial charge in [-0.2, -0.15) is 0 Å². The van der Waals surface area contributed by atoms with E-state index >= 15 is 0 Å². The molecule has 110 valence electrons. The second kappa shape index (κ2) is 6.70. The van der Waals surface area contributed by atoms with Crippen molar-refractivity contribution in [2.24, 2.45) is 5.92 Å². The zero-order chi connectivity index (χ0) is 13.8. The molecule has 1 aromatic carbocycles. The Morgan fingerprint density at radius 1 is 1.20 bits per heavy atom. The smallest absolute Gasteiger partial charge is 0.0335 e. The van der Waals surface area contributed by atoms with Crippen molar-refractivity contribution in [3.05, 3.63) is 35.4 Å². The molecule has 1 unspecified atom stereocenters. The number of fused-ring (bicyclic) bond motifs is 1. The lowest BCUT2D eigenvalue weighted by molar-refractivity contribution is 0.212. The van der Waals surface area contributed by atoms with Gasteiger partial charge in [-0.1, -0.05) is 24.3 Å². The molecule has 3 heteroatoms. The SMILES string of the molecule is CN1CCC(CNC2CCNCc3ccccc32)CC1. The first-order valence-electron chi connectivity index (χ1n) is 8.03. The van der Waals surface area contributed by atoms with Crippen molar-refractivity contribution in [2.45, 2.75) is 31.8 Å². The molecular formula is C17H27N3. The number of piperidine rings is 1. The van der Waals surface area contributed by atoms with E-state index in [1.165, 1.54) is 50.0 Å². The van der Waals surface area contributed by atoms with Crippen molar-refractivity contribution < 1.29 is 0 Å². The molecule has 2 heterocycles. The Labute approximate surface area is 122 Å². The van der Waals surface area contributed by atoms with Crippen LogP contribution in [-0.2, 0) is 6.54 Å². The summed E-state index contributed by atoms with van der Waals surface area (Å²) in [7, 11) is 2.23. The fraction of sp³-hybridized carbons (Fsp3) is 0.647. The first-order chi connectivity index (χ1) is 9.83. The third-order valence-electron chi connectivity index (χ3n) is 4.85. The van der Waals surface area contributed by atoms with Crippen LogP contribution in [0, 0.1) is 5.92 Å².